The maximum atomic E-state index is 14.2. The molecule has 0 bridgehead atoms. The Morgan fingerprint density at radius 1 is 1.13 bits per heavy atom. The average Bonchev–Trinajstić information content (AvgIpc) is 2.73. The molecule has 0 spiro atoms. The fourth-order valence-electron chi connectivity index (χ4n) is 4.02. The molecule has 7 heteroatoms. The Morgan fingerprint density at radius 3 is 2.52 bits per heavy atom. The Bertz CT molecular complexity index is 1090. The van der Waals surface area contributed by atoms with Gasteiger partial charge in [-0.05, 0) is 54.3 Å². The van der Waals surface area contributed by atoms with E-state index in [9.17, 15) is 9.18 Å². The molecule has 5 nitrogen and oxygen atoms in total. The number of hydrogen-bond acceptors (Lipinski definition) is 4. The highest BCUT2D eigenvalue weighted by atomic mass is 35.5. The lowest BCUT2D eigenvalue weighted by Crippen LogP contribution is -2.40. The lowest BCUT2D eigenvalue weighted by Gasteiger charge is -2.35. The minimum atomic E-state index is -0.396. The summed E-state index contributed by atoms with van der Waals surface area (Å²) in [7, 11) is 0. The van der Waals surface area contributed by atoms with Crippen molar-refractivity contribution in [1.29, 1.82) is 0 Å². The van der Waals surface area contributed by atoms with Crippen LogP contribution in [0.2, 0.25) is 5.02 Å². The molecule has 2 aromatic carbocycles. The summed E-state index contributed by atoms with van der Waals surface area (Å²) in [6, 6.07) is 12.3. The number of piperidine rings is 1. The van der Waals surface area contributed by atoms with Gasteiger partial charge in [-0.15, -0.1) is 0 Å². The van der Waals surface area contributed by atoms with Crippen LogP contribution in [0.4, 0.5) is 15.8 Å². The van der Waals surface area contributed by atoms with E-state index in [2.05, 4.69) is 15.2 Å². The Hall–Kier alpha value is -2.96. The zero-order chi connectivity index (χ0) is 22.0. The molecule has 31 heavy (non-hydrogen) atoms. The molecule has 3 N–H and O–H groups in total. The second-order valence-corrected chi connectivity index (χ2v) is 8.26. The predicted octanol–water partition coefficient (Wildman–Crippen LogP) is 5.09. The number of aromatic nitrogens is 1. The molecule has 1 amide bonds. The highest BCUT2D eigenvalue weighted by Crippen LogP contribution is 2.41. The van der Waals surface area contributed by atoms with Crippen molar-refractivity contribution in [2.45, 2.75) is 25.8 Å². The molecular weight excluding hydrogens is 415 g/mol. The van der Waals surface area contributed by atoms with Crippen molar-refractivity contribution in [2.75, 3.05) is 23.3 Å². The lowest BCUT2D eigenvalue weighted by atomic mass is 9.95. The smallest absolute Gasteiger partial charge is 0.221 e. The third-order valence-electron chi connectivity index (χ3n) is 5.44. The van der Waals surface area contributed by atoms with E-state index in [1.165, 1.54) is 19.1 Å². The van der Waals surface area contributed by atoms with Gasteiger partial charge in [0.25, 0.3) is 0 Å². The van der Waals surface area contributed by atoms with E-state index in [1.54, 1.807) is 18.5 Å². The van der Waals surface area contributed by atoms with E-state index in [1.807, 2.05) is 24.3 Å². The number of halogens is 2. The van der Waals surface area contributed by atoms with Crippen molar-refractivity contribution in [1.82, 2.24) is 4.98 Å². The number of benzene rings is 2. The molecule has 2 heterocycles. The van der Waals surface area contributed by atoms with Gasteiger partial charge in [-0.2, -0.15) is 0 Å². The zero-order valence-electron chi connectivity index (χ0n) is 17.2. The first kappa shape index (κ1) is 21.3. The maximum absolute atomic E-state index is 14.2. The molecule has 0 atom stereocenters. The van der Waals surface area contributed by atoms with E-state index < -0.39 is 5.82 Å². The number of hydrogen-bond donors (Lipinski definition) is 2. The summed E-state index contributed by atoms with van der Waals surface area (Å²) < 4.78 is 14.2. The highest BCUT2D eigenvalue weighted by molar-refractivity contribution is 6.30. The number of nitrogens with zero attached hydrogens (tertiary/aromatic N) is 2. The van der Waals surface area contributed by atoms with Crippen LogP contribution in [-0.4, -0.2) is 30.0 Å². The van der Waals surface area contributed by atoms with Crippen LogP contribution in [0, 0.1) is 5.82 Å². The Morgan fingerprint density at radius 2 is 1.84 bits per heavy atom. The minimum absolute atomic E-state index is 0.135. The molecule has 160 valence electrons. The molecular formula is C24H24ClFN4O. The summed E-state index contributed by atoms with van der Waals surface area (Å²) >= 11 is 6.15. The van der Waals surface area contributed by atoms with E-state index in [0.29, 0.717) is 16.3 Å². The number of amides is 1. The third kappa shape index (κ3) is 4.86. The quantitative estimate of drug-likeness (QED) is 0.594. The monoisotopic (exact) mass is 438 g/mol. The van der Waals surface area contributed by atoms with E-state index in [0.717, 1.165) is 48.3 Å². The minimum Gasteiger partial charge on any atom is -0.370 e. The van der Waals surface area contributed by atoms with Gasteiger partial charge in [0.05, 0.1) is 5.69 Å². The topological polar surface area (TPSA) is 71.2 Å². The number of pyridine rings is 1. The predicted molar refractivity (Wildman–Crippen MR) is 124 cm³/mol. The SMILES string of the molecule is CC(=O)Nc1cccc(-c2cncc(-c3cc(F)cc(Cl)c3)c2N2CCC(N)CC2)c1. The van der Waals surface area contributed by atoms with Gasteiger partial charge in [-0.1, -0.05) is 23.7 Å². The lowest BCUT2D eigenvalue weighted by molar-refractivity contribution is -0.114. The van der Waals surface area contributed by atoms with Crippen LogP contribution in [0.1, 0.15) is 19.8 Å². The first-order chi connectivity index (χ1) is 14.9. The molecule has 3 aromatic rings. The van der Waals surface area contributed by atoms with Crippen molar-refractivity contribution < 1.29 is 9.18 Å². The number of rotatable bonds is 4. The fraction of sp³-hybridized carbons (Fsp3) is 0.250. The van der Waals surface area contributed by atoms with E-state index in [4.69, 9.17) is 17.3 Å². The van der Waals surface area contributed by atoms with Crippen molar-refractivity contribution in [2.24, 2.45) is 5.73 Å². The van der Waals surface area contributed by atoms with Gasteiger partial charge in [-0.3, -0.25) is 9.78 Å². The largest absolute Gasteiger partial charge is 0.370 e. The van der Waals surface area contributed by atoms with Gasteiger partial charge in [0.1, 0.15) is 5.82 Å². The van der Waals surface area contributed by atoms with Crippen molar-refractivity contribution >= 4 is 28.9 Å². The normalized spacial score (nSPS) is 14.5. The molecule has 1 saturated heterocycles. The van der Waals surface area contributed by atoms with Gasteiger partial charge >= 0.3 is 0 Å². The summed E-state index contributed by atoms with van der Waals surface area (Å²) in [6.45, 7) is 3.06. The number of anilines is 2. The molecule has 1 fully saturated rings. The standard InChI is InChI=1S/C24H24ClFN4O/c1-15(31)29-21-4-2-3-16(11-21)22-13-28-14-23(17-9-18(25)12-19(26)10-17)24(22)30-7-5-20(27)6-8-30/h2-4,9-14,20H,5-8,27H2,1H3,(H,29,31). The molecule has 0 saturated carbocycles. The Balaban J connectivity index is 1.88. The van der Waals surface area contributed by atoms with Gasteiger partial charge in [0, 0.05) is 60.3 Å². The van der Waals surface area contributed by atoms with Crippen LogP contribution < -0.4 is 16.0 Å². The van der Waals surface area contributed by atoms with Gasteiger partial charge in [-0.25, -0.2) is 4.39 Å². The Labute approximate surface area is 186 Å². The fourth-order valence-corrected chi connectivity index (χ4v) is 4.24. The maximum Gasteiger partial charge on any atom is 0.221 e. The third-order valence-corrected chi connectivity index (χ3v) is 5.66. The summed E-state index contributed by atoms with van der Waals surface area (Å²) in [5.41, 5.74) is 11.1. The Kier molecular flexibility index (Phi) is 6.20. The second-order valence-electron chi connectivity index (χ2n) is 7.83. The molecule has 4 rings (SSSR count). The van der Waals surface area contributed by atoms with Crippen LogP contribution in [0.5, 0.6) is 0 Å². The van der Waals surface area contributed by atoms with Crippen molar-refractivity contribution in [3.05, 3.63) is 65.7 Å². The summed E-state index contributed by atoms with van der Waals surface area (Å²) in [4.78, 5) is 18.2. The second kappa shape index (κ2) is 9.04. The molecule has 1 aliphatic heterocycles. The highest BCUT2D eigenvalue weighted by Gasteiger charge is 2.23. The first-order valence-corrected chi connectivity index (χ1v) is 10.6. The number of nitrogens with two attached hydrogens (primary N) is 1. The van der Waals surface area contributed by atoms with Gasteiger partial charge < -0.3 is 16.0 Å². The molecule has 1 aliphatic rings. The van der Waals surface area contributed by atoms with Gasteiger partial charge in [0.15, 0.2) is 0 Å². The van der Waals surface area contributed by atoms with Crippen LogP contribution >= 0.6 is 11.6 Å². The summed E-state index contributed by atoms with van der Waals surface area (Å²) in [5.74, 6) is -0.532. The number of nitrogens with one attached hydrogen (secondary N) is 1. The first-order valence-electron chi connectivity index (χ1n) is 10.2. The average molecular weight is 439 g/mol. The molecule has 0 aliphatic carbocycles. The van der Waals surface area contributed by atoms with Crippen LogP contribution in [-0.2, 0) is 4.79 Å². The van der Waals surface area contributed by atoms with Crippen LogP contribution in [0.15, 0.2) is 54.9 Å². The zero-order valence-corrected chi connectivity index (χ0v) is 18.0. The molecule has 0 radical (unpaired) electrons. The van der Waals surface area contributed by atoms with Crippen LogP contribution in [0.25, 0.3) is 22.3 Å². The molecule has 1 aromatic heterocycles. The molecule has 0 unspecified atom stereocenters. The van der Waals surface area contributed by atoms with Crippen molar-refractivity contribution in [3.8, 4) is 22.3 Å². The van der Waals surface area contributed by atoms with Crippen LogP contribution in [0.3, 0.4) is 0 Å². The summed E-state index contributed by atoms with van der Waals surface area (Å²) in [6.07, 6.45) is 5.30. The van der Waals surface area contributed by atoms with Gasteiger partial charge in [0.2, 0.25) is 5.91 Å². The number of carbonyl (C=O) groups is 1. The van der Waals surface area contributed by atoms with E-state index in [-0.39, 0.29) is 11.9 Å². The van der Waals surface area contributed by atoms with Crippen molar-refractivity contribution in [3.63, 3.8) is 0 Å². The van der Waals surface area contributed by atoms with E-state index >= 15 is 0 Å². The number of carbonyl (C=O) groups excluding carboxylic acids is 1. The summed E-state index contributed by atoms with van der Waals surface area (Å²) in [5, 5.41) is 3.16.